The van der Waals surface area contributed by atoms with Gasteiger partial charge >= 0.3 is 6.18 Å². The maximum absolute atomic E-state index is 14.0. The van der Waals surface area contributed by atoms with Crippen molar-refractivity contribution in [3.63, 3.8) is 0 Å². The first kappa shape index (κ1) is 16.4. The minimum absolute atomic E-state index is 0.0128. The minimum Gasteiger partial charge on any atom is -0.397 e. The van der Waals surface area contributed by atoms with E-state index in [1.165, 1.54) is 0 Å². The van der Waals surface area contributed by atoms with Crippen LogP contribution in [0.3, 0.4) is 0 Å². The molecule has 3 nitrogen and oxygen atoms in total. The quantitative estimate of drug-likeness (QED) is 0.540. The lowest BCUT2D eigenvalue weighted by Gasteiger charge is -2.09. The number of aryl methyl sites for hydroxylation is 1. The van der Waals surface area contributed by atoms with Crippen molar-refractivity contribution in [2.24, 2.45) is 7.05 Å². The number of aromatic nitrogens is 2. The number of nitrogens with zero attached hydrogens (tertiary/aromatic N) is 2. The van der Waals surface area contributed by atoms with Crippen LogP contribution in [0, 0.1) is 5.82 Å². The van der Waals surface area contributed by atoms with Gasteiger partial charge in [-0.15, -0.1) is 0 Å². The highest BCUT2D eigenvalue weighted by Crippen LogP contribution is 2.44. The van der Waals surface area contributed by atoms with Gasteiger partial charge in [0.2, 0.25) is 0 Å². The third-order valence-corrected chi connectivity index (χ3v) is 4.19. The first-order chi connectivity index (χ1) is 9.55. The van der Waals surface area contributed by atoms with Gasteiger partial charge in [0.1, 0.15) is 11.5 Å². The SMILES string of the molecule is Cn1nc(-c2c(F)cc(Cl)c(N)c2Br)c(Cl)c1C(F)(F)F. The van der Waals surface area contributed by atoms with Gasteiger partial charge in [0, 0.05) is 7.05 Å². The molecular formula is C11H6BrCl2F4N3. The zero-order valence-electron chi connectivity index (χ0n) is 10.2. The maximum Gasteiger partial charge on any atom is 0.434 e. The molecule has 21 heavy (non-hydrogen) atoms. The van der Waals surface area contributed by atoms with Crippen LogP contribution in [-0.4, -0.2) is 9.78 Å². The molecule has 0 aliphatic heterocycles. The number of nitrogen functional groups attached to an aromatic ring is 1. The van der Waals surface area contributed by atoms with E-state index in [-0.39, 0.29) is 26.4 Å². The molecule has 10 heteroatoms. The van der Waals surface area contributed by atoms with Gasteiger partial charge in [0.15, 0.2) is 5.69 Å². The monoisotopic (exact) mass is 405 g/mol. The Morgan fingerprint density at radius 1 is 1.33 bits per heavy atom. The van der Waals surface area contributed by atoms with E-state index in [0.29, 0.717) is 4.68 Å². The van der Waals surface area contributed by atoms with E-state index < -0.39 is 22.7 Å². The lowest BCUT2D eigenvalue weighted by Crippen LogP contribution is -2.12. The highest BCUT2D eigenvalue weighted by Gasteiger charge is 2.39. The lowest BCUT2D eigenvalue weighted by molar-refractivity contribution is -0.143. The molecule has 1 aromatic carbocycles. The van der Waals surface area contributed by atoms with Crippen LogP contribution < -0.4 is 5.73 Å². The van der Waals surface area contributed by atoms with E-state index in [4.69, 9.17) is 28.9 Å². The molecule has 0 saturated heterocycles. The van der Waals surface area contributed by atoms with Crippen molar-refractivity contribution < 1.29 is 17.6 Å². The van der Waals surface area contributed by atoms with Crippen molar-refractivity contribution in [3.05, 3.63) is 32.1 Å². The van der Waals surface area contributed by atoms with Crippen LogP contribution in [0.4, 0.5) is 23.2 Å². The summed E-state index contributed by atoms with van der Waals surface area (Å²) in [5, 5.41) is 2.84. The summed E-state index contributed by atoms with van der Waals surface area (Å²) < 4.78 is 53.2. The first-order valence-corrected chi connectivity index (χ1v) is 6.83. The van der Waals surface area contributed by atoms with Crippen LogP contribution in [0.5, 0.6) is 0 Å². The third kappa shape index (κ3) is 2.72. The van der Waals surface area contributed by atoms with Crippen molar-refractivity contribution in [3.8, 4) is 11.3 Å². The smallest absolute Gasteiger partial charge is 0.397 e. The van der Waals surface area contributed by atoms with Crippen molar-refractivity contribution >= 4 is 44.8 Å². The van der Waals surface area contributed by atoms with Crippen LogP contribution >= 0.6 is 39.1 Å². The van der Waals surface area contributed by atoms with Gasteiger partial charge in [-0.2, -0.15) is 18.3 Å². The Morgan fingerprint density at radius 3 is 2.38 bits per heavy atom. The number of rotatable bonds is 1. The average Bonchev–Trinajstić information content (AvgIpc) is 2.61. The fraction of sp³-hybridized carbons (Fsp3) is 0.182. The number of hydrogen-bond donors (Lipinski definition) is 1. The molecule has 0 aliphatic rings. The molecule has 0 fully saturated rings. The van der Waals surface area contributed by atoms with Crippen molar-refractivity contribution in [1.82, 2.24) is 9.78 Å². The predicted molar refractivity (Wildman–Crippen MR) is 75.7 cm³/mol. The molecule has 0 unspecified atom stereocenters. The first-order valence-electron chi connectivity index (χ1n) is 5.28. The standard InChI is InChI=1S/C11H6BrCl2F4N3/c1-21-10(11(16,17)18)7(14)9(20-21)5-4(15)2-3(13)8(19)6(5)12/h2H,19H2,1H3. The van der Waals surface area contributed by atoms with Crippen LogP contribution in [0.2, 0.25) is 10.0 Å². The van der Waals surface area contributed by atoms with Gasteiger partial charge < -0.3 is 5.73 Å². The van der Waals surface area contributed by atoms with E-state index in [2.05, 4.69) is 21.0 Å². The summed E-state index contributed by atoms with van der Waals surface area (Å²) >= 11 is 14.4. The largest absolute Gasteiger partial charge is 0.434 e. The minimum atomic E-state index is -4.72. The second-order valence-corrected chi connectivity index (χ2v) is 5.65. The molecular weight excluding hydrogens is 401 g/mol. The highest BCUT2D eigenvalue weighted by molar-refractivity contribution is 9.10. The second kappa shape index (κ2) is 5.33. The molecule has 1 heterocycles. The van der Waals surface area contributed by atoms with Gasteiger partial charge in [-0.25, -0.2) is 4.39 Å². The zero-order valence-corrected chi connectivity index (χ0v) is 13.3. The summed E-state index contributed by atoms with van der Waals surface area (Å²) in [5.74, 6) is -0.894. The molecule has 2 rings (SSSR count). The van der Waals surface area contributed by atoms with Crippen LogP contribution in [0.1, 0.15) is 5.69 Å². The van der Waals surface area contributed by atoms with E-state index in [0.717, 1.165) is 13.1 Å². The summed E-state index contributed by atoms with van der Waals surface area (Å²) in [6.07, 6.45) is -4.72. The molecule has 0 amide bonds. The van der Waals surface area contributed by atoms with Gasteiger partial charge in [-0.05, 0) is 22.0 Å². The predicted octanol–water partition coefficient (Wildman–Crippen LogP) is 4.90. The number of hydrogen-bond acceptors (Lipinski definition) is 2. The molecule has 0 bridgehead atoms. The summed E-state index contributed by atoms with van der Waals surface area (Å²) in [4.78, 5) is 0. The van der Waals surface area contributed by atoms with Crippen molar-refractivity contribution in [1.29, 1.82) is 0 Å². The Labute approximate surface area is 134 Å². The molecule has 1 aromatic heterocycles. The molecule has 2 N–H and O–H groups in total. The Morgan fingerprint density at radius 2 is 1.90 bits per heavy atom. The summed E-state index contributed by atoms with van der Waals surface area (Å²) in [6, 6.07) is 0.884. The van der Waals surface area contributed by atoms with E-state index in [9.17, 15) is 17.6 Å². The Balaban J connectivity index is 2.79. The fourth-order valence-electron chi connectivity index (χ4n) is 1.79. The van der Waals surface area contributed by atoms with Gasteiger partial charge in [0.05, 0.1) is 25.8 Å². The zero-order chi connectivity index (χ0) is 16.1. The summed E-state index contributed by atoms with van der Waals surface area (Å²) in [6.45, 7) is 0. The molecule has 114 valence electrons. The van der Waals surface area contributed by atoms with E-state index in [1.807, 2.05) is 0 Å². The second-order valence-electron chi connectivity index (χ2n) is 4.08. The van der Waals surface area contributed by atoms with Gasteiger partial charge in [-0.3, -0.25) is 4.68 Å². The van der Waals surface area contributed by atoms with Gasteiger partial charge in [-0.1, -0.05) is 23.2 Å². The molecule has 0 saturated carbocycles. The maximum atomic E-state index is 14.0. The van der Waals surface area contributed by atoms with Crippen LogP contribution in [-0.2, 0) is 13.2 Å². The van der Waals surface area contributed by atoms with Crippen molar-refractivity contribution in [2.75, 3.05) is 5.73 Å². The fourth-order valence-corrected chi connectivity index (χ4v) is 3.05. The normalized spacial score (nSPS) is 12.0. The number of alkyl halides is 3. The van der Waals surface area contributed by atoms with Crippen molar-refractivity contribution in [2.45, 2.75) is 6.18 Å². The Hall–Kier alpha value is -0.990. The Kier molecular flexibility index (Phi) is 4.16. The summed E-state index contributed by atoms with van der Waals surface area (Å²) in [5.41, 5.74) is 3.76. The number of halogens is 7. The summed E-state index contributed by atoms with van der Waals surface area (Å²) in [7, 11) is 1.06. The highest BCUT2D eigenvalue weighted by atomic mass is 79.9. The topological polar surface area (TPSA) is 43.8 Å². The molecule has 0 spiro atoms. The van der Waals surface area contributed by atoms with Gasteiger partial charge in [0.25, 0.3) is 0 Å². The Bertz CT molecular complexity index is 727. The number of nitrogens with two attached hydrogens (primary N) is 1. The molecule has 0 radical (unpaired) electrons. The third-order valence-electron chi connectivity index (χ3n) is 2.70. The lowest BCUT2D eigenvalue weighted by atomic mass is 10.1. The number of anilines is 1. The van der Waals surface area contributed by atoms with Crippen LogP contribution in [0.15, 0.2) is 10.5 Å². The number of benzene rings is 1. The average molecular weight is 407 g/mol. The van der Waals surface area contributed by atoms with E-state index >= 15 is 0 Å². The molecule has 0 atom stereocenters. The molecule has 0 aliphatic carbocycles. The molecule has 2 aromatic rings. The van der Waals surface area contributed by atoms with E-state index in [1.54, 1.807) is 0 Å². The van der Waals surface area contributed by atoms with Crippen LogP contribution in [0.25, 0.3) is 11.3 Å².